The summed E-state index contributed by atoms with van der Waals surface area (Å²) in [6.45, 7) is 6.31. The lowest BCUT2D eigenvalue weighted by molar-refractivity contribution is 0.391. The van der Waals surface area contributed by atoms with Gasteiger partial charge >= 0.3 is 0 Å². The van der Waals surface area contributed by atoms with Gasteiger partial charge in [0.25, 0.3) is 0 Å². The lowest BCUT2D eigenvalue weighted by atomic mass is 10.0. The standard InChI is InChI=1S/C15H21NO2/c1-5-10-6-11-8-12(14(16)9(2)3)18-15(11)13(7-10)17-4/h6-9,14H,5,16H2,1-4H3. The van der Waals surface area contributed by atoms with Crippen LogP contribution in [0.25, 0.3) is 11.0 Å². The molecule has 0 aliphatic rings. The number of fused-ring (bicyclic) bond motifs is 1. The molecule has 2 N–H and O–H groups in total. The van der Waals surface area contributed by atoms with Gasteiger partial charge in [0, 0.05) is 5.39 Å². The Hall–Kier alpha value is -1.48. The highest BCUT2D eigenvalue weighted by Gasteiger charge is 2.17. The highest BCUT2D eigenvalue weighted by molar-refractivity contribution is 5.84. The SMILES string of the molecule is CCc1cc(OC)c2oc(C(N)C(C)C)cc2c1. The number of ether oxygens (including phenoxy) is 1. The van der Waals surface area contributed by atoms with Crippen molar-refractivity contribution in [3.63, 3.8) is 0 Å². The molecule has 0 saturated carbocycles. The van der Waals surface area contributed by atoms with Gasteiger partial charge in [-0.15, -0.1) is 0 Å². The smallest absolute Gasteiger partial charge is 0.176 e. The Labute approximate surface area is 108 Å². The molecular weight excluding hydrogens is 226 g/mol. The second kappa shape index (κ2) is 5.02. The first-order chi connectivity index (χ1) is 8.56. The summed E-state index contributed by atoms with van der Waals surface area (Å²) in [6.07, 6.45) is 0.975. The molecule has 0 aliphatic heterocycles. The molecule has 1 heterocycles. The molecule has 0 saturated heterocycles. The van der Waals surface area contributed by atoms with E-state index < -0.39 is 0 Å². The number of hydrogen-bond acceptors (Lipinski definition) is 3. The largest absolute Gasteiger partial charge is 0.493 e. The molecule has 0 bridgehead atoms. The first-order valence-corrected chi connectivity index (χ1v) is 6.42. The molecule has 1 aromatic carbocycles. The quantitative estimate of drug-likeness (QED) is 0.897. The minimum Gasteiger partial charge on any atom is -0.493 e. The number of rotatable bonds is 4. The third-order valence-corrected chi connectivity index (χ3v) is 3.34. The van der Waals surface area contributed by atoms with Gasteiger partial charge in [-0.05, 0) is 36.1 Å². The third kappa shape index (κ3) is 2.23. The molecule has 0 amide bonds. The molecule has 0 spiro atoms. The maximum Gasteiger partial charge on any atom is 0.176 e. The van der Waals surface area contributed by atoms with Crippen molar-refractivity contribution in [3.05, 3.63) is 29.5 Å². The van der Waals surface area contributed by atoms with Gasteiger partial charge in [-0.3, -0.25) is 0 Å². The van der Waals surface area contributed by atoms with E-state index in [0.29, 0.717) is 5.92 Å². The predicted molar refractivity (Wildman–Crippen MR) is 73.9 cm³/mol. The lowest BCUT2D eigenvalue weighted by Gasteiger charge is -2.11. The van der Waals surface area contributed by atoms with Crippen molar-refractivity contribution < 1.29 is 9.15 Å². The van der Waals surface area contributed by atoms with Gasteiger partial charge in [0.15, 0.2) is 11.3 Å². The molecule has 2 rings (SSSR count). The summed E-state index contributed by atoms with van der Waals surface area (Å²) in [6, 6.07) is 6.11. The normalized spacial score (nSPS) is 13.2. The first-order valence-electron chi connectivity index (χ1n) is 6.42. The molecule has 0 radical (unpaired) electrons. The minimum atomic E-state index is -0.0767. The Morgan fingerprint density at radius 3 is 2.56 bits per heavy atom. The van der Waals surface area contributed by atoms with Crippen molar-refractivity contribution in [2.75, 3.05) is 7.11 Å². The van der Waals surface area contributed by atoms with E-state index in [-0.39, 0.29) is 6.04 Å². The van der Waals surface area contributed by atoms with Gasteiger partial charge in [0.05, 0.1) is 13.2 Å². The maximum absolute atomic E-state index is 6.13. The fraction of sp³-hybridized carbons (Fsp3) is 0.467. The van der Waals surface area contributed by atoms with Crippen LogP contribution >= 0.6 is 0 Å². The molecular formula is C15H21NO2. The van der Waals surface area contributed by atoms with Crippen LogP contribution in [0.2, 0.25) is 0 Å². The maximum atomic E-state index is 6.13. The molecule has 2 aromatic rings. The summed E-state index contributed by atoms with van der Waals surface area (Å²) in [4.78, 5) is 0. The zero-order valence-corrected chi connectivity index (χ0v) is 11.5. The zero-order chi connectivity index (χ0) is 13.3. The van der Waals surface area contributed by atoms with Crippen LogP contribution in [0.3, 0.4) is 0 Å². The van der Waals surface area contributed by atoms with Crippen molar-refractivity contribution in [2.24, 2.45) is 11.7 Å². The number of aryl methyl sites for hydroxylation is 1. The zero-order valence-electron chi connectivity index (χ0n) is 11.5. The molecule has 3 heteroatoms. The van der Waals surface area contributed by atoms with E-state index >= 15 is 0 Å². The van der Waals surface area contributed by atoms with E-state index in [0.717, 1.165) is 28.9 Å². The van der Waals surface area contributed by atoms with E-state index in [4.69, 9.17) is 14.9 Å². The van der Waals surface area contributed by atoms with E-state index in [9.17, 15) is 0 Å². The molecule has 0 fully saturated rings. The van der Waals surface area contributed by atoms with Crippen molar-refractivity contribution in [1.82, 2.24) is 0 Å². The van der Waals surface area contributed by atoms with Crippen LogP contribution in [0.5, 0.6) is 5.75 Å². The molecule has 98 valence electrons. The van der Waals surface area contributed by atoms with Crippen LogP contribution in [0.4, 0.5) is 0 Å². The van der Waals surface area contributed by atoms with E-state index in [1.54, 1.807) is 7.11 Å². The summed E-state index contributed by atoms with van der Waals surface area (Å²) < 4.78 is 11.3. The third-order valence-electron chi connectivity index (χ3n) is 3.34. The number of methoxy groups -OCH3 is 1. The molecule has 0 aliphatic carbocycles. The van der Waals surface area contributed by atoms with Crippen LogP contribution in [0.1, 0.15) is 38.1 Å². The molecule has 1 atom stereocenters. The number of furan rings is 1. The predicted octanol–water partition coefficient (Wildman–Crippen LogP) is 3.66. The van der Waals surface area contributed by atoms with Crippen molar-refractivity contribution in [1.29, 1.82) is 0 Å². The van der Waals surface area contributed by atoms with E-state index in [2.05, 4.69) is 26.8 Å². The Kier molecular flexibility index (Phi) is 3.62. The average Bonchev–Trinajstić information content (AvgIpc) is 2.79. The van der Waals surface area contributed by atoms with Crippen LogP contribution in [0, 0.1) is 5.92 Å². The highest BCUT2D eigenvalue weighted by Crippen LogP contribution is 2.33. The Morgan fingerprint density at radius 1 is 1.28 bits per heavy atom. The van der Waals surface area contributed by atoms with Gasteiger partial charge in [0.2, 0.25) is 0 Å². The van der Waals surface area contributed by atoms with Gasteiger partial charge in [-0.2, -0.15) is 0 Å². The minimum absolute atomic E-state index is 0.0767. The van der Waals surface area contributed by atoms with Crippen LogP contribution in [-0.4, -0.2) is 7.11 Å². The second-order valence-electron chi connectivity index (χ2n) is 4.99. The summed E-state index contributed by atoms with van der Waals surface area (Å²) in [5.41, 5.74) is 8.16. The van der Waals surface area contributed by atoms with Gasteiger partial charge in [-0.25, -0.2) is 0 Å². The van der Waals surface area contributed by atoms with Crippen LogP contribution < -0.4 is 10.5 Å². The summed E-state index contributed by atoms with van der Waals surface area (Å²) in [5.74, 6) is 1.96. The monoisotopic (exact) mass is 247 g/mol. The molecule has 3 nitrogen and oxygen atoms in total. The van der Waals surface area contributed by atoms with Crippen molar-refractivity contribution >= 4 is 11.0 Å². The van der Waals surface area contributed by atoms with E-state index in [1.807, 2.05) is 12.1 Å². The summed E-state index contributed by atoms with van der Waals surface area (Å²) in [5, 5.41) is 1.07. The number of nitrogens with two attached hydrogens (primary N) is 1. The second-order valence-corrected chi connectivity index (χ2v) is 4.99. The van der Waals surface area contributed by atoms with E-state index in [1.165, 1.54) is 5.56 Å². The van der Waals surface area contributed by atoms with Crippen LogP contribution in [-0.2, 0) is 6.42 Å². The Balaban J connectivity index is 2.56. The summed E-state index contributed by atoms with van der Waals surface area (Å²) in [7, 11) is 1.67. The lowest BCUT2D eigenvalue weighted by Crippen LogP contribution is -2.15. The number of benzene rings is 1. The highest BCUT2D eigenvalue weighted by atomic mass is 16.5. The van der Waals surface area contributed by atoms with Crippen molar-refractivity contribution in [3.8, 4) is 5.75 Å². The fourth-order valence-electron chi connectivity index (χ4n) is 2.05. The summed E-state index contributed by atoms with van der Waals surface area (Å²) >= 11 is 0. The molecule has 1 unspecified atom stereocenters. The molecule has 18 heavy (non-hydrogen) atoms. The number of hydrogen-bond donors (Lipinski definition) is 1. The van der Waals surface area contributed by atoms with Gasteiger partial charge in [0.1, 0.15) is 5.76 Å². The van der Waals surface area contributed by atoms with Crippen LogP contribution in [0.15, 0.2) is 22.6 Å². The topological polar surface area (TPSA) is 48.4 Å². The molecule has 1 aromatic heterocycles. The Morgan fingerprint density at radius 2 is 2.00 bits per heavy atom. The van der Waals surface area contributed by atoms with Gasteiger partial charge < -0.3 is 14.9 Å². The Bertz CT molecular complexity index is 543. The fourth-order valence-corrected chi connectivity index (χ4v) is 2.05. The van der Waals surface area contributed by atoms with Crippen molar-refractivity contribution in [2.45, 2.75) is 33.2 Å². The average molecular weight is 247 g/mol. The van der Waals surface area contributed by atoms with Gasteiger partial charge in [-0.1, -0.05) is 20.8 Å². The first kappa shape index (κ1) is 13.0.